The molecule has 2 nitrogen and oxygen atoms in total. The maximum Gasteiger partial charge on any atom is 0.169 e. The Bertz CT molecular complexity index is 570. The van der Waals surface area contributed by atoms with Crippen molar-refractivity contribution in [3.05, 3.63) is 53.1 Å². The molecule has 0 aliphatic heterocycles. The summed E-state index contributed by atoms with van der Waals surface area (Å²) in [6, 6.07) is 13.1. The number of benzene rings is 2. The molecule has 0 atom stereocenters. The van der Waals surface area contributed by atoms with Gasteiger partial charge in [-0.05, 0) is 36.2 Å². The molecule has 0 unspecified atom stereocenters. The first-order chi connectivity index (χ1) is 9.74. The molecule has 0 saturated carbocycles. The second-order valence-corrected chi connectivity index (χ2v) is 4.96. The fourth-order valence-corrected chi connectivity index (χ4v) is 2.23. The summed E-state index contributed by atoms with van der Waals surface area (Å²) < 4.78 is 11.5. The number of halogens is 2. The van der Waals surface area contributed by atoms with E-state index >= 15 is 0 Å². The van der Waals surface area contributed by atoms with Crippen molar-refractivity contribution >= 4 is 23.2 Å². The molecule has 0 aromatic heterocycles. The van der Waals surface area contributed by atoms with Crippen LogP contribution in [0.1, 0.15) is 18.9 Å². The van der Waals surface area contributed by atoms with Crippen molar-refractivity contribution in [3.8, 4) is 17.2 Å². The minimum atomic E-state index is 0.384. The minimum absolute atomic E-state index is 0.384. The minimum Gasteiger partial charge on any atom is -0.490 e. The molecule has 0 fully saturated rings. The Kier molecular flexibility index (Phi) is 5.57. The topological polar surface area (TPSA) is 18.5 Å². The predicted molar refractivity (Wildman–Crippen MR) is 83.3 cm³/mol. The van der Waals surface area contributed by atoms with Crippen molar-refractivity contribution in [2.45, 2.75) is 19.2 Å². The van der Waals surface area contributed by atoms with Gasteiger partial charge in [-0.25, -0.2) is 0 Å². The molecular formula is C16H16Cl2O2. The molecule has 106 valence electrons. The van der Waals surface area contributed by atoms with E-state index in [9.17, 15) is 0 Å². The van der Waals surface area contributed by atoms with Gasteiger partial charge >= 0.3 is 0 Å². The second kappa shape index (κ2) is 7.41. The molecule has 0 N–H and O–H groups in total. The van der Waals surface area contributed by atoms with E-state index in [4.69, 9.17) is 32.7 Å². The first kappa shape index (κ1) is 15.0. The van der Waals surface area contributed by atoms with Gasteiger partial charge in [-0.1, -0.05) is 36.7 Å². The van der Waals surface area contributed by atoms with Crippen molar-refractivity contribution in [3.63, 3.8) is 0 Å². The van der Waals surface area contributed by atoms with Crippen molar-refractivity contribution in [1.82, 2.24) is 0 Å². The standard InChI is InChI=1S/C16H16Cl2O2/c1-2-9-19-15-5-3-4-6-16(15)20-13-8-7-12(11-17)14(18)10-13/h3-8,10H,2,9,11H2,1H3. The van der Waals surface area contributed by atoms with Gasteiger partial charge in [-0.15, -0.1) is 11.6 Å². The fourth-order valence-electron chi connectivity index (χ4n) is 1.69. The van der Waals surface area contributed by atoms with E-state index in [0.717, 1.165) is 17.7 Å². The highest BCUT2D eigenvalue weighted by Gasteiger charge is 2.07. The summed E-state index contributed by atoms with van der Waals surface area (Å²) in [6.45, 7) is 2.72. The summed E-state index contributed by atoms with van der Waals surface area (Å²) in [5.41, 5.74) is 0.885. The van der Waals surface area contributed by atoms with Crippen LogP contribution in [-0.2, 0) is 5.88 Å². The predicted octanol–water partition coefficient (Wildman–Crippen LogP) is 5.66. The first-order valence-electron chi connectivity index (χ1n) is 6.48. The molecule has 0 amide bonds. The van der Waals surface area contributed by atoms with Gasteiger partial charge in [0.15, 0.2) is 11.5 Å². The van der Waals surface area contributed by atoms with Crippen LogP contribution in [0.2, 0.25) is 5.02 Å². The van der Waals surface area contributed by atoms with Gasteiger partial charge in [0, 0.05) is 10.9 Å². The van der Waals surface area contributed by atoms with E-state index in [1.165, 1.54) is 0 Å². The lowest BCUT2D eigenvalue weighted by atomic mass is 10.2. The number of rotatable bonds is 6. The number of hydrogen-bond donors (Lipinski definition) is 0. The smallest absolute Gasteiger partial charge is 0.169 e. The average molecular weight is 311 g/mol. The lowest BCUT2D eigenvalue weighted by Gasteiger charge is -2.12. The highest BCUT2D eigenvalue weighted by Crippen LogP contribution is 2.33. The molecule has 4 heteroatoms. The fraction of sp³-hybridized carbons (Fsp3) is 0.250. The zero-order valence-electron chi connectivity index (χ0n) is 11.2. The van der Waals surface area contributed by atoms with Gasteiger partial charge in [-0.2, -0.15) is 0 Å². The van der Waals surface area contributed by atoms with Crippen LogP contribution in [-0.4, -0.2) is 6.61 Å². The Balaban J connectivity index is 2.19. The molecule has 0 heterocycles. The second-order valence-electron chi connectivity index (χ2n) is 4.28. The van der Waals surface area contributed by atoms with Crippen LogP contribution in [0.4, 0.5) is 0 Å². The highest BCUT2D eigenvalue weighted by molar-refractivity contribution is 6.32. The van der Waals surface area contributed by atoms with Gasteiger partial charge < -0.3 is 9.47 Å². The molecule has 0 spiro atoms. The summed E-state index contributed by atoms with van der Waals surface area (Å²) >= 11 is 11.9. The summed E-state index contributed by atoms with van der Waals surface area (Å²) in [7, 11) is 0. The first-order valence-corrected chi connectivity index (χ1v) is 7.40. The van der Waals surface area contributed by atoms with E-state index in [1.54, 1.807) is 6.07 Å². The van der Waals surface area contributed by atoms with Gasteiger partial charge in [-0.3, -0.25) is 0 Å². The van der Waals surface area contributed by atoms with Crippen molar-refractivity contribution in [2.75, 3.05) is 6.61 Å². The SMILES string of the molecule is CCCOc1ccccc1Oc1ccc(CCl)c(Cl)c1. The number of alkyl halides is 1. The molecule has 0 radical (unpaired) electrons. The third-order valence-corrected chi connectivity index (χ3v) is 3.35. The van der Waals surface area contributed by atoms with E-state index in [2.05, 4.69) is 6.92 Å². The largest absolute Gasteiger partial charge is 0.490 e. The Morgan fingerprint density at radius 3 is 2.45 bits per heavy atom. The lowest BCUT2D eigenvalue weighted by Crippen LogP contribution is -1.97. The highest BCUT2D eigenvalue weighted by atomic mass is 35.5. The molecule has 0 aliphatic rings. The van der Waals surface area contributed by atoms with Gasteiger partial charge in [0.1, 0.15) is 5.75 Å². The van der Waals surface area contributed by atoms with Crippen LogP contribution >= 0.6 is 23.2 Å². The van der Waals surface area contributed by atoms with Crippen LogP contribution in [0.25, 0.3) is 0 Å². The zero-order valence-corrected chi connectivity index (χ0v) is 12.7. The molecule has 0 aliphatic carbocycles. The van der Waals surface area contributed by atoms with Crippen molar-refractivity contribution < 1.29 is 9.47 Å². The third kappa shape index (κ3) is 3.81. The maximum absolute atomic E-state index is 6.12. The maximum atomic E-state index is 6.12. The van der Waals surface area contributed by atoms with E-state index in [1.807, 2.05) is 36.4 Å². The van der Waals surface area contributed by atoms with E-state index in [0.29, 0.717) is 29.0 Å². The van der Waals surface area contributed by atoms with E-state index in [-0.39, 0.29) is 0 Å². The van der Waals surface area contributed by atoms with Crippen LogP contribution in [0, 0.1) is 0 Å². The molecule has 20 heavy (non-hydrogen) atoms. The molecule has 0 saturated heterocycles. The Morgan fingerprint density at radius 2 is 1.80 bits per heavy atom. The molecule has 2 aromatic carbocycles. The van der Waals surface area contributed by atoms with Crippen LogP contribution in [0.15, 0.2) is 42.5 Å². The normalized spacial score (nSPS) is 10.3. The van der Waals surface area contributed by atoms with Gasteiger partial charge in [0.25, 0.3) is 0 Å². The molecule has 0 bridgehead atoms. The summed E-state index contributed by atoms with van der Waals surface area (Å²) in [5.74, 6) is 2.45. The van der Waals surface area contributed by atoms with Gasteiger partial charge in [0.2, 0.25) is 0 Å². The zero-order chi connectivity index (χ0) is 14.4. The van der Waals surface area contributed by atoms with Crippen LogP contribution in [0.5, 0.6) is 17.2 Å². The number of ether oxygens (including phenoxy) is 2. The van der Waals surface area contributed by atoms with Crippen LogP contribution in [0.3, 0.4) is 0 Å². The summed E-state index contributed by atoms with van der Waals surface area (Å²) in [6.07, 6.45) is 0.949. The van der Waals surface area contributed by atoms with E-state index < -0.39 is 0 Å². The Morgan fingerprint density at radius 1 is 1.05 bits per heavy atom. The lowest BCUT2D eigenvalue weighted by molar-refractivity contribution is 0.302. The van der Waals surface area contributed by atoms with Crippen molar-refractivity contribution in [1.29, 1.82) is 0 Å². The summed E-state index contributed by atoms with van der Waals surface area (Å²) in [4.78, 5) is 0. The third-order valence-electron chi connectivity index (χ3n) is 2.71. The van der Waals surface area contributed by atoms with Crippen molar-refractivity contribution in [2.24, 2.45) is 0 Å². The number of hydrogen-bond acceptors (Lipinski definition) is 2. The van der Waals surface area contributed by atoms with Gasteiger partial charge in [0.05, 0.1) is 6.61 Å². The average Bonchev–Trinajstić information content (AvgIpc) is 2.46. The number of para-hydroxylation sites is 2. The Hall–Kier alpha value is -1.38. The summed E-state index contributed by atoms with van der Waals surface area (Å²) in [5, 5.41) is 0.601. The Labute approximate surface area is 129 Å². The quantitative estimate of drug-likeness (QED) is 0.641. The molecule has 2 rings (SSSR count). The monoisotopic (exact) mass is 310 g/mol. The molecular weight excluding hydrogens is 295 g/mol. The molecule has 2 aromatic rings. The van der Waals surface area contributed by atoms with Crippen LogP contribution < -0.4 is 9.47 Å².